The Morgan fingerprint density at radius 2 is 1.81 bits per heavy atom. The Morgan fingerprint density at radius 1 is 1.10 bits per heavy atom. The molecule has 3 rings (SSSR count). The number of rotatable bonds is 4. The molecule has 1 aliphatic heterocycles. The van der Waals surface area contributed by atoms with Crippen molar-refractivity contribution >= 4 is 5.69 Å². The standard InChI is InChI=1S/C18H21FN2/c1-2-21(18-10-6-5-9-17(18)19)13-16-11-14-7-3-4-8-15(14)12-20-16/h3-10,16,20H,2,11-13H2,1H3. The van der Waals surface area contributed by atoms with E-state index in [0.717, 1.165) is 26.1 Å². The summed E-state index contributed by atoms with van der Waals surface area (Å²) in [6.45, 7) is 4.60. The van der Waals surface area contributed by atoms with Gasteiger partial charge in [0.1, 0.15) is 5.82 Å². The number of nitrogens with zero attached hydrogens (tertiary/aromatic N) is 1. The molecule has 0 saturated heterocycles. The molecule has 2 aromatic carbocycles. The van der Waals surface area contributed by atoms with Crippen LogP contribution in [0.3, 0.4) is 0 Å². The summed E-state index contributed by atoms with van der Waals surface area (Å²) in [5.74, 6) is -0.143. The lowest BCUT2D eigenvalue weighted by molar-refractivity contribution is 0.472. The second-order valence-electron chi connectivity index (χ2n) is 5.54. The molecule has 1 N–H and O–H groups in total. The van der Waals surface area contributed by atoms with E-state index in [1.54, 1.807) is 6.07 Å². The van der Waals surface area contributed by atoms with Crippen molar-refractivity contribution in [2.24, 2.45) is 0 Å². The predicted molar refractivity (Wildman–Crippen MR) is 85.1 cm³/mol. The third-order valence-corrected chi connectivity index (χ3v) is 4.18. The molecule has 21 heavy (non-hydrogen) atoms. The number of hydrogen-bond acceptors (Lipinski definition) is 2. The molecule has 1 unspecified atom stereocenters. The molecular formula is C18H21FN2. The molecule has 1 heterocycles. The van der Waals surface area contributed by atoms with E-state index in [-0.39, 0.29) is 5.82 Å². The Morgan fingerprint density at radius 3 is 2.57 bits per heavy atom. The average Bonchev–Trinajstić information content (AvgIpc) is 2.53. The molecule has 0 fully saturated rings. The Balaban J connectivity index is 1.73. The van der Waals surface area contributed by atoms with Crippen LogP contribution in [0.1, 0.15) is 18.1 Å². The Kier molecular flexibility index (Phi) is 4.20. The first-order valence-corrected chi connectivity index (χ1v) is 7.57. The first-order chi connectivity index (χ1) is 10.3. The number of benzene rings is 2. The van der Waals surface area contributed by atoms with Crippen LogP contribution < -0.4 is 10.2 Å². The molecule has 0 aromatic heterocycles. The maximum Gasteiger partial charge on any atom is 0.146 e. The van der Waals surface area contributed by atoms with Gasteiger partial charge in [-0.1, -0.05) is 36.4 Å². The molecule has 0 saturated carbocycles. The normalized spacial score (nSPS) is 17.3. The molecule has 0 spiro atoms. The van der Waals surface area contributed by atoms with Crippen LogP contribution >= 0.6 is 0 Å². The van der Waals surface area contributed by atoms with Crippen LogP contribution in [0.2, 0.25) is 0 Å². The Labute approximate surface area is 125 Å². The van der Waals surface area contributed by atoms with Gasteiger partial charge < -0.3 is 10.2 Å². The van der Waals surface area contributed by atoms with E-state index in [2.05, 4.69) is 41.4 Å². The van der Waals surface area contributed by atoms with E-state index in [0.29, 0.717) is 11.7 Å². The highest BCUT2D eigenvalue weighted by Gasteiger charge is 2.20. The zero-order valence-electron chi connectivity index (χ0n) is 12.3. The predicted octanol–water partition coefficient (Wildman–Crippen LogP) is 3.37. The van der Waals surface area contributed by atoms with Crippen molar-refractivity contribution in [3.8, 4) is 0 Å². The molecular weight excluding hydrogens is 263 g/mol. The molecule has 0 radical (unpaired) electrons. The first-order valence-electron chi connectivity index (χ1n) is 7.57. The third kappa shape index (κ3) is 3.08. The quantitative estimate of drug-likeness (QED) is 0.926. The summed E-state index contributed by atoms with van der Waals surface area (Å²) in [5, 5.41) is 3.57. The summed E-state index contributed by atoms with van der Waals surface area (Å²) in [6.07, 6.45) is 1.00. The largest absolute Gasteiger partial charge is 0.368 e. The van der Waals surface area contributed by atoms with Crippen molar-refractivity contribution in [1.82, 2.24) is 5.32 Å². The van der Waals surface area contributed by atoms with Gasteiger partial charge in [0.2, 0.25) is 0 Å². The summed E-state index contributed by atoms with van der Waals surface area (Å²) in [6, 6.07) is 15.9. The van der Waals surface area contributed by atoms with Crippen molar-refractivity contribution in [3.63, 3.8) is 0 Å². The van der Waals surface area contributed by atoms with Crippen molar-refractivity contribution in [3.05, 3.63) is 65.5 Å². The lowest BCUT2D eigenvalue weighted by atomic mass is 9.95. The van der Waals surface area contributed by atoms with Gasteiger partial charge in [0.15, 0.2) is 0 Å². The van der Waals surface area contributed by atoms with Gasteiger partial charge in [0, 0.05) is 25.7 Å². The second-order valence-corrected chi connectivity index (χ2v) is 5.54. The van der Waals surface area contributed by atoms with Crippen molar-refractivity contribution < 1.29 is 4.39 Å². The van der Waals surface area contributed by atoms with Crippen LogP contribution in [-0.4, -0.2) is 19.1 Å². The van der Waals surface area contributed by atoms with Gasteiger partial charge >= 0.3 is 0 Å². The third-order valence-electron chi connectivity index (χ3n) is 4.18. The van der Waals surface area contributed by atoms with Crippen molar-refractivity contribution in [1.29, 1.82) is 0 Å². The van der Waals surface area contributed by atoms with E-state index < -0.39 is 0 Å². The van der Waals surface area contributed by atoms with Gasteiger partial charge in [0.25, 0.3) is 0 Å². The first kappa shape index (κ1) is 14.1. The lowest BCUT2D eigenvalue weighted by Gasteiger charge is -2.32. The molecule has 0 aliphatic carbocycles. The van der Waals surface area contributed by atoms with Crippen molar-refractivity contribution in [2.75, 3.05) is 18.0 Å². The topological polar surface area (TPSA) is 15.3 Å². The number of likely N-dealkylation sites (N-methyl/N-ethyl adjacent to an activating group) is 1. The molecule has 2 aromatic rings. The van der Waals surface area contributed by atoms with E-state index in [4.69, 9.17) is 0 Å². The van der Waals surface area contributed by atoms with Crippen LogP contribution in [0.25, 0.3) is 0 Å². The van der Waals surface area contributed by atoms with Gasteiger partial charge in [-0.2, -0.15) is 0 Å². The second kappa shape index (κ2) is 6.27. The summed E-state index contributed by atoms with van der Waals surface area (Å²) in [7, 11) is 0. The lowest BCUT2D eigenvalue weighted by Crippen LogP contribution is -2.45. The molecule has 110 valence electrons. The van der Waals surface area contributed by atoms with Crippen LogP contribution in [-0.2, 0) is 13.0 Å². The highest BCUT2D eigenvalue weighted by Crippen LogP contribution is 2.21. The molecule has 2 nitrogen and oxygen atoms in total. The number of nitrogens with one attached hydrogen (secondary N) is 1. The van der Waals surface area contributed by atoms with E-state index in [1.807, 2.05) is 12.1 Å². The number of para-hydroxylation sites is 1. The number of fused-ring (bicyclic) bond motifs is 1. The van der Waals surface area contributed by atoms with Gasteiger partial charge in [-0.3, -0.25) is 0 Å². The minimum atomic E-state index is -0.143. The average molecular weight is 284 g/mol. The molecule has 1 atom stereocenters. The smallest absolute Gasteiger partial charge is 0.146 e. The van der Waals surface area contributed by atoms with Gasteiger partial charge in [-0.15, -0.1) is 0 Å². The fourth-order valence-corrected chi connectivity index (χ4v) is 3.02. The SMILES string of the molecule is CCN(CC1Cc2ccccc2CN1)c1ccccc1F. The molecule has 0 amide bonds. The number of anilines is 1. The molecule has 0 bridgehead atoms. The summed E-state index contributed by atoms with van der Waals surface area (Å²) >= 11 is 0. The minimum Gasteiger partial charge on any atom is -0.368 e. The maximum atomic E-state index is 14.0. The van der Waals surface area contributed by atoms with Crippen LogP contribution in [0, 0.1) is 5.82 Å². The highest BCUT2D eigenvalue weighted by atomic mass is 19.1. The highest BCUT2D eigenvalue weighted by molar-refractivity contribution is 5.47. The minimum absolute atomic E-state index is 0.143. The van der Waals surface area contributed by atoms with Crippen molar-refractivity contribution in [2.45, 2.75) is 25.9 Å². The van der Waals surface area contributed by atoms with Gasteiger partial charge in [0.05, 0.1) is 5.69 Å². The maximum absolute atomic E-state index is 14.0. The molecule has 1 aliphatic rings. The zero-order chi connectivity index (χ0) is 14.7. The summed E-state index contributed by atoms with van der Waals surface area (Å²) in [4.78, 5) is 2.11. The number of hydrogen-bond donors (Lipinski definition) is 1. The Bertz CT molecular complexity index is 612. The summed E-state index contributed by atoms with van der Waals surface area (Å²) in [5.41, 5.74) is 3.48. The monoisotopic (exact) mass is 284 g/mol. The molecule has 3 heteroatoms. The van der Waals surface area contributed by atoms with Gasteiger partial charge in [-0.25, -0.2) is 4.39 Å². The van der Waals surface area contributed by atoms with Gasteiger partial charge in [-0.05, 0) is 36.6 Å². The number of halogens is 1. The zero-order valence-corrected chi connectivity index (χ0v) is 12.3. The fraction of sp³-hybridized carbons (Fsp3) is 0.333. The Hall–Kier alpha value is -1.87. The van der Waals surface area contributed by atoms with Crippen LogP contribution in [0.5, 0.6) is 0 Å². The van der Waals surface area contributed by atoms with Crippen LogP contribution in [0.4, 0.5) is 10.1 Å². The summed E-state index contributed by atoms with van der Waals surface area (Å²) < 4.78 is 14.0. The van der Waals surface area contributed by atoms with E-state index >= 15 is 0 Å². The fourth-order valence-electron chi connectivity index (χ4n) is 3.02. The van der Waals surface area contributed by atoms with E-state index in [1.165, 1.54) is 17.2 Å². The van der Waals surface area contributed by atoms with Crippen LogP contribution in [0.15, 0.2) is 48.5 Å². The van der Waals surface area contributed by atoms with E-state index in [9.17, 15) is 4.39 Å².